The summed E-state index contributed by atoms with van der Waals surface area (Å²) in [6, 6.07) is 11.2. The molecule has 96 valence electrons. The molecule has 0 aliphatic carbocycles. The van der Waals surface area contributed by atoms with Crippen LogP contribution in [0, 0.1) is 11.6 Å². The number of halogens is 3. The number of nitrogens with zero attached hydrogens (tertiary/aromatic N) is 1. The highest BCUT2D eigenvalue weighted by molar-refractivity contribution is 9.10. The van der Waals surface area contributed by atoms with E-state index in [-0.39, 0.29) is 11.6 Å². The number of rotatable bonds is 2. The molecule has 0 aliphatic heterocycles. The van der Waals surface area contributed by atoms with E-state index < -0.39 is 0 Å². The van der Waals surface area contributed by atoms with Crippen molar-refractivity contribution in [2.24, 2.45) is 0 Å². The SMILES string of the molecule is Fc1ccc(Cn2ccc3cc(F)ccc32)c(Br)c1. The van der Waals surface area contributed by atoms with Crippen molar-refractivity contribution >= 4 is 26.8 Å². The molecule has 0 fully saturated rings. The van der Waals surface area contributed by atoms with Gasteiger partial charge in [0.05, 0.1) is 0 Å². The van der Waals surface area contributed by atoms with Gasteiger partial charge in [-0.1, -0.05) is 22.0 Å². The second-order valence-corrected chi connectivity index (χ2v) is 5.24. The van der Waals surface area contributed by atoms with Crippen molar-refractivity contribution in [2.45, 2.75) is 6.54 Å². The fourth-order valence-electron chi connectivity index (χ4n) is 2.14. The van der Waals surface area contributed by atoms with Crippen LogP contribution in [0.4, 0.5) is 8.78 Å². The van der Waals surface area contributed by atoms with Crippen LogP contribution in [0.2, 0.25) is 0 Å². The van der Waals surface area contributed by atoms with Crippen molar-refractivity contribution in [3.63, 3.8) is 0 Å². The lowest BCUT2D eigenvalue weighted by Gasteiger charge is -2.08. The molecule has 0 unspecified atom stereocenters. The standard InChI is InChI=1S/C15H10BrF2N/c16-14-8-13(18)2-1-11(14)9-19-6-5-10-7-12(17)3-4-15(10)19/h1-8H,9H2. The van der Waals surface area contributed by atoms with E-state index in [1.54, 1.807) is 12.1 Å². The third kappa shape index (κ3) is 2.40. The van der Waals surface area contributed by atoms with Gasteiger partial charge in [-0.05, 0) is 42.0 Å². The lowest BCUT2D eigenvalue weighted by atomic mass is 10.2. The molecule has 0 spiro atoms. The Hall–Kier alpha value is -1.68. The molecular formula is C15H10BrF2N. The topological polar surface area (TPSA) is 4.93 Å². The minimum absolute atomic E-state index is 0.242. The highest BCUT2D eigenvalue weighted by Crippen LogP contribution is 2.22. The van der Waals surface area contributed by atoms with Crippen molar-refractivity contribution in [2.75, 3.05) is 0 Å². The van der Waals surface area contributed by atoms with Crippen molar-refractivity contribution < 1.29 is 8.78 Å². The lowest BCUT2D eigenvalue weighted by molar-refractivity contribution is 0.625. The van der Waals surface area contributed by atoms with E-state index in [2.05, 4.69) is 15.9 Å². The maximum atomic E-state index is 13.1. The third-order valence-corrected chi connectivity index (χ3v) is 3.83. The first-order chi connectivity index (χ1) is 9.13. The van der Waals surface area contributed by atoms with Gasteiger partial charge in [0.25, 0.3) is 0 Å². The fraction of sp³-hybridized carbons (Fsp3) is 0.0667. The predicted molar refractivity (Wildman–Crippen MR) is 75.1 cm³/mol. The van der Waals surface area contributed by atoms with Crippen molar-refractivity contribution in [3.8, 4) is 0 Å². The molecule has 0 atom stereocenters. The molecule has 0 radical (unpaired) electrons. The maximum Gasteiger partial charge on any atom is 0.124 e. The summed E-state index contributed by atoms with van der Waals surface area (Å²) >= 11 is 3.36. The van der Waals surface area contributed by atoms with Crippen LogP contribution >= 0.6 is 15.9 Å². The van der Waals surface area contributed by atoms with Gasteiger partial charge in [0.15, 0.2) is 0 Å². The first-order valence-electron chi connectivity index (χ1n) is 5.82. The predicted octanol–water partition coefficient (Wildman–Crippen LogP) is 4.73. The Balaban J connectivity index is 2.01. The van der Waals surface area contributed by atoms with Gasteiger partial charge in [0.1, 0.15) is 11.6 Å². The first kappa shape index (κ1) is 12.4. The van der Waals surface area contributed by atoms with Gasteiger partial charge in [0, 0.05) is 28.1 Å². The van der Waals surface area contributed by atoms with E-state index in [0.29, 0.717) is 6.54 Å². The van der Waals surface area contributed by atoms with Gasteiger partial charge >= 0.3 is 0 Å². The highest BCUT2D eigenvalue weighted by atomic mass is 79.9. The van der Waals surface area contributed by atoms with E-state index in [1.807, 2.05) is 16.8 Å². The quantitative estimate of drug-likeness (QED) is 0.643. The summed E-state index contributed by atoms with van der Waals surface area (Å²) < 4.78 is 28.9. The number of fused-ring (bicyclic) bond motifs is 1. The van der Waals surface area contributed by atoms with Gasteiger partial charge in [-0.2, -0.15) is 0 Å². The van der Waals surface area contributed by atoms with Crippen LogP contribution in [0.3, 0.4) is 0 Å². The van der Waals surface area contributed by atoms with Crippen LogP contribution in [0.25, 0.3) is 10.9 Å². The average molecular weight is 322 g/mol. The average Bonchev–Trinajstić information content (AvgIpc) is 2.75. The van der Waals surface area contributed by atoms with Crippen molar-refractivity contribution in [1.29, 1.82) is 0 Å². The molecule has 3 aromatic rings. The Morgan fingerprint density at radius 1 is 0.947 bits per heavy atom. The van der Waals surface area contributed by atoms with E-state index in [0.717, 1.165) is 20.9 Å². The molecule has 0 aliphatic rings. The Labute approximate surface area is 117 Å². The van der Waals surface area contributed by atoms with Gasteiger partial charge in [0.2, 0.25) is 0 Å². The molecule has 3 rings (SSSR count). The van der Waals surface area contributed by atoms with Crippen molar-refractivity contribution in [3.05, 3.63) is 70.3 Å². The normalized spacial score (nSPS) is 11.1. The largest absolute Gasteiger partial charge is 0.343 e. The number of benzene rings is 2. The molecule has 0 saturated heterocycles. The van der Waals surface area contributed by atoms with Crippen LogP contribution in [-0.2, 0) is 6.54 Å². The first-order valence-corrected chi connectivity index (χ1v) is 6.61. The van der Waals surface area contributed by atoms with E-state index in [4.69, 9.17) is 0 Å². The zero-order valence-electron chi connectivity index (χ0n) is 9.91. The number of aromatic nitrogens is 1. The van der Waals surface area contributed by atoms with Gasteiger partial charge in [-0.3, -0.25) is 0 Å². The smallest absolute Gasteiger partial charge is 0.124 e. The van der Waals surface area contributed by atoms with Crippen molar-refractivity contribution in [1.82, 2.24) is 4.57 Å². The summed E-state index contributed by atoms with van der Waals surface area (Å²) in [5, 5.41) is 0.859. The zero-order chi connectivity index (χ0) is 13.4. The third-order valence-electron chi connectivity index (χ3n) is 3.09. The minimum Gasteiger partial charge on any atom is -0.343 e. The molecular weight excluding hydrogens is 312 g/mol. The molecule has 1 aromatic heterocycles. The van der Waals surface area contributed by atoms with E-state index >= 15 is 0 Å². The van der Waals surface area contributed by atoms with Gasteiger partial charge in [-0.25, -0.2) is 8.78 Å². The highest BCUT2D eigenvalue weighted by Gasteiger charge is 2.06. The van der Waals surface area contributed by atoms with Crippen LogP contribution in [0.1, 0.15) is 5.56 Å². The summed E-state index contributed by atoms with van der Waals surface area (Å²) in [5.74, 6) is -0.511. The second kappa shape index (κ2) is 4.78. The fourth-order valence-corrected chi connectivity index (χ4v) is 2.62. The molecule has 19 heavy (non-hydrogen) atoms. The molecule has 4 heteroatoms. The Bertz CT molecular complexity index is 749. The van der Waals surface area contributed by atoms with Gasteiger partial charge < -0.3 is 4.57 Å². The monoisotopic (exact) mass is 321 g/mol. The summed E-state index contributed by atoms with van der Waals surface area (Å²) in [5.41, 5.74) is 1.93. The number of hydrogen-bond donors (Lipinski definition) is 0. The number of hydrogen-bond acceptors (Lipinski definition) is 0. The minimum atomic E-state index is -0.268. The summed E-state index contributed by atoms with van der Waals surface area (Å²) in [7, 11) is 0. The molecule has 0 saturated carbocycles. The van der Waals surface area contributed by atoms with Crippen LogP contribution < -0.4 is 0 Å². The second-order valence-electron chi connectivity index (χ2n) is 4.38. The molecule has 0 N–H and O–H groups in total. The van der Waals surface area contributed by atoms with Gasteiger partial charge in [-0.15, -0.1) is 0 Å². The van der Waals surface area contributed by atoms with E-state index in [9.17, 15) is 8.78 Å². The summed E-state index contributed by atoms with van der Waals surface area (Å²) in [6.45, 7) is 0.607. The lowest BCUT2D eigenvalue weighted by Crippen LogP contribution is -1.99. The van der Waals surface area contributed by atoms with Crippen LogP contribution in [0.15, 0.2) is 53.1 Å². The molecule has 0 amide bonds. The Morgan fingerprint density at radius 2 is 1.68 bits per heavy atom. The molecule has 0 bridgehead atoms. The maximum absolute atomic E-state index is 13.1. The van der Waals surface area contributed by atoms with Crippen LogP contribution in [0.5, 0.6) is 0 Å². The zero-order valence-corrected chi connectivity index (χ0v) is 11.5. The Morgan fingerprint density at radius 3 is 2.47 bits per heavy atom. The summed E-state index contributed by atoms with van der Waals surface area (Å²) in [4.78, 5) is 0. The van der Waals surface area contributed by atoms with Crippen LogP contribution in [-0.4, -0.2) is 4.57 Å². The Kier molecular flexibility index (Phi) is 3.11. The van der Waals surface area contributed by atoms with E-state index in [1.165, 1.54) is 24.3 Å². The molecule has 1 nitrogen and oxygen atoms in total. The molecule has 2 aromatic carbocycles. The molecule has 1 heterocycles. The summed E-state index contributed by atoms with van der Waals surface area (Å²) in [6.07, 6.45) is 1.90.